The minimum Gasteiger partial charge on any atom is -0.314 e. The molecule has 0 N–H and O–H groups in total. The van der Waals surface area contributed by atoms with Crippen molar-refractivity contribution in [2.75, 3.05) is 9.80 Å². The van der Waals surface area contributed by atoms with Crippen molar-refractivity contribution in [3.05, 3.63) is 216 Å². The first-order valence-electron chi connectivity index (χ1n) is 20.0. The Kier molecular flexibility index (Phi) is 8.80. The summed E-state index contributed by atoms with van der Waals surface area (Å²) < 4.78 is 0. The van der Waals surface area contributed by atoms with Crippen LogP contribution in [-0.2, 0) is 0 Å². The quantitative estimate of drug-likeness (QED) is 0.137. The zero-order valence-electron chi connectivity index (χ0n) is 31.7. The fourth-order valence-corrected chi connectivity index (χ4v) is 8.87. The van der Waals surface area contributed by atoms with Gasteiger partial charge in [-0.25, -0.2) is 0 Å². The third-order valence-electron chi connectivity index (χ3n) is 11.7. The number of para-hydroxylation sites is 2. The van der Waals surface area contributed by atoms with E-state index in [4.69, 9.17) is 0 Å². The van der Waals surface area contributed by atoms with E-state index in [1.54, 1.807) is 0 Å². The van der Waals surface area contributed by atoms with Crippen molar-refractivity contribution in [3.63, 3.8) is 0 Å². The molecule has 2 atom stereocenters. The standard InChI is InChI=1S/C54H44N2/c1-2-3-6-18-44-34-40-15-11-12-16-41(40)36-52(44)55(45-19-7-4-8-20-45)47-29-24-38(25-30-47)39-26-31-48(32-27-39)56(46-21-9-5-10-22-46)53-37-42-17-13-14-23-49(42)50-33-28-43-35-51(43)54(50)53/h2-24,26-29,31-34,36-37,43,51H,25,30,35H2,1H3/b3-2-,18-6-. The average molecular weight is 721 g/mol. The number of benzene rings is 7. The zero-order chi connectivity index (χ0) is 37.4. The van der Waals surface area contributed by atoms with Gasteiger partial charge in [-0.15, -0.1) is 0 Å². The molecule has 0 radical (unpaired) electrons. The highest BCUT2D eigenvalue weighted by Gasteiger charge is 2.42. The summed E-state index contributed by atoms with van der Waals surface area (Å²) >= 11 is 0. The lowest BCUT2D eigenvalue weighted by Crippen LogP contribution is -2.19. The van der Waals surface area contributed by atoms with Crippen LogP contribution in [0.1, 0.15) is 54.4 Å². The van der Waals surface area contributed by atoms with Gasteiger partial charge in [0.15, 0.2) is 0 Å². The van der Waals surface area contributed by atoms with Crippen LogP contribution >= 0.6 is 0 Å². The molecule has 7 aromatic rings. The molecule has 0 aliphatic heterocycles. The van der Waals surface area contributed by atoms with Gasteiger partial charge in [-0.05, 0) is 148 Å². The van der Waals surface area contributed by atoms with Crippen LogP contribution in [0.3, 0.4) is 0 Å². The summed E-state index contributed by atoms with van der Waals surface area (Å²) in [6, 6.07) is 55.6. The van der Waals surface area contributed by atoms with Crippen molar-refractivity contribution in [1.82, 2.24) is 0 Å². The number of allylic oxidation sites excluding steroid dienone is 8. The van der Waals surface area contributed by atoms with Gasteiger partial charge in [0.2, 0.25) is 0 Å². The summed E-state index contributed by atoms with van der Waals surface area (Å²) in [6.07, 6.45) is 21.2. The fraction of sp³-hybridized carbons (Fsp3) is 0.111. The number of hydrogen-bond donors (Lipinski definition) is 0. The lowest BCUT2D eigenvalue weighted by Gasteiger charge is -2.32. The van der Waals surface area contributed by atoms with E-state index in [2.05, 4.69) is 217 Å². The molecule has 2 heteroatoms. The van der Waals surface area contributed by atoms with Gasteiger partial charge in [0.1, 0.15) is 0 Å². The summed E-state index contributed by atoms with van der Waals surface area (Å²) in [7, 11) is 0. The third-order valence-corrected chi connectivity index (χ3v) is 11.7. The van der Waals surface area contributed by atoms with Gasteiger partial charge < -0.3 is 9.80 Å². The Balaban J connectivity index is 1.03. The number of nitrogens with zero attached hydrogens (tertiary/aromatic N) is 2. The molecular formula is C54H44N2. The van der Waals surface area contributed by atoms with E-state index in [1.165, 1.54) is 89.9 Å². The number of fused-ring (bicyclic) bond motifs is 6. The molecule has 0 bridgehead atoms. The van der Waals surface area contributed by atoms with Crippen molar-refractivity contribution in [3.8, 4) is 0 Å². The molecular weight excluding hydrogens is 677 g/mol. The second kappa shape index (κ2) is 14.5. The van der Waals surface area contributed by atoms with Crippen LogP contribution in [0.2, 0.25) is 0 Å². The lowest BCUT2D eigenvalue weighted by molar-refractivity contribution is 0.930. The highest BCUT2D eigenvalue weighted by atomic mass is 15.2. The Morgan fingerprint density at radius 2 is 1.21 bits per heavy atom. The second-order valence-corrected chi connectivity index (χ2v) is 15.2. The van der Waals surface area contributed by atoms with Gasteiger partial charge in [0, 0.05) is 22.8 Å². The first-order valence-corrected chi connectivity index (χ1v) is 20.0. The maximum Gasteiger partial charge on any atom is 0.0537 e. The monoisotopic (exact) mass is 720 g/mol. The normalized spacial score (nSPS) is 17.2. The number of rotatable bonds is 9. The van der Waals surface area contributed by atoms with Gasteiger partial charge in [0.05, 0.1) is 11.4 Å². The summed E-state index contributed by atoms with van der Waals surface area (Å²) in [5, 5.41) is 5.11. The molecule has 0 amide bonds. The smallest absolute Gasteiger partial charge is 0.0537 e. The fourth-order valence-electron chi connectivity index (χ4n) is 8.87. The zero-order valence-corrected chi connectivity index (χ0v) is 31.7. The van der Waals surface area contributed by atoms with Gasteiger partial charge in [-0.2, -0.15) is 0 Å². The van der Waals surface area contributed by atoms with Gasteiger partial charge in [-0.3, -0.25) is 0 Å². The molecule has 0 aromatic heterocycles. The molecule has 270 valence electrons. The van der Waals surface area contributed by atoms with E-state index in [0.29, 0.717) is 11.8 Å². The molecule has 0 heterocycles. The van der Waals surface area contributed by atoms with E-state index in [-0.39, 0.29) is 0 Å². The third kappa shape index (κ3) is 6.28. The summed E-state index contributed by atoms with van der Waals surface area (Å²) in [5.41, 5.74) is 14.0. The highest BCUT2D eigenvalue weighted by Crippen LogP contribution is 2.58. The number of hydrogen-bond acceptors (Lipinski definition) is 2. The summed E-state index contributed by atoms with van der Waals surface area (Å²) in [6.45, 7) is 2.06. The lowest BCUT2D eigenvalue weighted by atomic mass is 9.89. The van der Waals surface area contributed by atoms with Crippen LogP contribution < -0.4 is 9.80 Å². The van der Waals surface area contributed by atoms with Crippen molar-refractivity contribution in [2.24, 2.45) is 5.92 Å². The summed E-state index contributed by atoms with van der Waals surface area (Å²) in [5.74, 6) is 1.23. The Labute approximate surface area is 330 Å². The molecule has 7 aromatic carbocycles. The Bertz CT molecular complexity index is 2730. The predicted octanol–water partition coefficient (Wildman–Crippen LogP) is 15.1. The molecule has 10 rings (SSSR count). The molecule has 56 heavy (non-hydrogen) atoms. The Morgan fingerprint density at radius 3 is 1.93 bits per heavy atom. The SMILES string of the molecule is C/C=C\C=C/c1cc2ccccc2cc1N(C1=CC=C(c2ccc(N(c3ccccc3)c3cc4ccccc4c4c3C3CC3C=C4)cc2)CC1)c1ccccc1. The Hall–Kier alpha value is -6.64. The van der Waals surface area contributed by atoms with Crippen molar-refractivity contribution in [2.45, 2.75) is 32.1 Å². The second-order valence-electron chi connectivity index (χ2n) is 15.2. The first-order chi connectivity index (χ1) is 27.7. The maximum absolute atomic E-state index is 2.49. The van der Waals surface area contributed by atoms with E-state index in [9.17, 15) is 0 Å². The number of anilines is 5. The average Bonchev–Trinajstić information content (AvgIpc) is 4.06. The van der Waals surface area contributed by atoms with E-state index in [0.717, 1.165) is 12.8 Å². The Morgan fingerprint density at radius 1 is 0.571 bits per heavy atom. The molecule has 1 saturated carbocycles. The molecule has 1 fully saturated rings. The maximum atomic E-state index is 2.49. The van der Waals surface area contributed by atoms with E-state index < -0.39 is 0 Å². The largest absolute Gasteiger partial charge is 0.314 e. The molecule has 0 spiro atoms. The minimum atomic E-state index is 0.582. The van der Waals surface area contributed by atoms with Gasteiger partial charge in [-0.1, -0.05) is 140 Å². The topological polar surface area (TPSA) is 6.48 Å². The molecule has 2 unspecified atom stereocenters. The van der Waals surface area contributed by atoms with Crippen LogP contribution in [0.25, 0.3) is 39.3 Å². The van der Waals surface area contributed by atoms with Crippen LogP contribution in [0, 0.1) is 5.92 Å². The van der Waals surface area contributed by atoms with Crippen molar-refractivity contribution >= 4 is 67.7 Å². The molecule has 3 aliphatic rings. The van der Waals surface area contributed by atoms with E-state index >= 15 is 0 Å². The van der Waals surface area contributed by atoms with Crippen LogP contribution in [0.15, 0.2) is 194 Å². The van der Waals surface area contributed by atoms with Crippen LogP contribution in [0.5, 0.6) is 0 Å². The van der Waals surface area contributed by atoms with Gasteiger partial charge in [0.25, 0.3) is 0 Å². The first kappa shape index (κ1) is 33.9. The molecule has 0 saturated heterocycles. The minimum absolute atomic E-state index is 0.582. The van der Waals surface area contributed by atoms with Crippen molar-refractivity contribution < 1.29 is 0 Å². The van der Waals surface area contributed by atoms with Crippen LogP contribution in [0.4, 0.5) is 28.4 Å². The summed E-state index contributed by atoms with van der Waals surface area (Å²) in [4.78, 5) is 4.94. The highest BCUT2D eigenvalue weighted by molar-refractivity contribution is 5.99. The predicted molar refractivity (Wildman–Crippen MR) is 240 cm³/mol. The van der Waals surface area contributed by atoms with Crippen molar-refractivity contribution in [1.29, 1.82) is 0 Å². The molecule has 2 nitrogen and oxygen atoms in total. The van der Waals surface area contributed by atoms with Gasteiger partial charge >= 0.3 is 0 Å². The van der Waals surface area contributed by atoms with Crippen LogP contribution in [-0.4, -0.2) is 0 Å². The van der Waals surface area contributed by atoms with E-state index in [1.807, 2.05) is 0 Å². The molecule has 3 aliphatic carbocycles.